The van der Waals surface area contributed by atoms with Crippen molar-refractivity contribution in [3.63, 3.8) is 0 Å². The molecule has 0 saturated heterocycles. The highest BCUT2D eigenvalue weighted by Crippen LogP contribution is 2.34. The zero-order chi connectivity index (χ0) is 18.3. The molecule has 1 aromatic rings. The van der Waals surface area contributed by atoms with Gasteiger partial charge >= 0.3 is 11.9 Å². The number of esters is 2. The lowest BCUT2D eigenvalue weighted by Gasteiger charge is -2.17. The largest absolute Gasteiger partial charge is 0.422 e. The van der Waals surface area contributed by atoms with Gasteiger partial charge in [-0.2, -0.15) is 0 Å². The molecule has 24 heavy (non-hydrogen) atoms. The molecular formula is C20H30O4. The van der Waals surface area contributed by atoms with E-state index < -0.39 is 0 Å². The molecule has 0 aromatic heterocycles. The maximum Gasteiger partial charge on any atom is 0.313 e. The van der Waals surface area contributed by atoms with Gasteiger partial charge in [0, 0.05) is 0 Å². The van der Waals surface area contributed by atoms with E-state index in [2.05, 4.69) is 13.8 Å². The average Bonchev–Trinajstić information content (AvgIpc) is 2.54. The second kappa shape index (κ2) is 9.45. The molecule has 0 N–H and O–H groups in total. The summed E-state index contributed by atoms with van der Waals surface area (Å²) in [7, 11) is 0. The van der Waals surface area contributed by atoms with Crippen molar-refractivity contribution in [1.82, 2.24) is 0 Å². The van der Waals surface area contributed by atoms with E-state index in [4.69, 9.17) is 9.47 Å². The van der Waals surface area contributed by atoms with Gasteiger partial charge in [0.1, 0.15) is 0 Å². The number of benzene rings is 1. The van der Waals surface area contributed by atoms with Crippen LogP contribution in [0.1, 0.15) is 59.9 Å². The van der Waals surface area contributed by atoms with Gasteiger partial charge in [-0.15, -0.1) is 0 Å². The molecule has 134 valence electrons. The lowest BCUT2D eigenvalue weighted by molar-refractivity contribution is -0.140. The smallest absolute Gasteiger partial charge is 0.313 e. The highest BCUT2D eigenvalue weighted by atomic mass is 16.6. The molecule has 0 aliphatic carbocycles. The molecule has 0 amide bonds. The number of rotatable bonds is 8. The third-order valence-electron chi connectivity index (χ3n) is 4.02. The van der Waals surface area contributed by atoms with Crippen LogP contribution in [0.5, 0.6) is 11.5 Å². The molecule has 0 heterocycles. The molecule has 0 fully saturated rings. The van der Waals surface area contributed by atoms with Crippen molar-refractivity contribution in [1.29, 1.82) is 0 Å². The van der Waals surface area contributed by atoms with E-state index >= 15 is 0 Å². The number of ether oxygens (including phenoxy) is 2. The minimum absolute atomic E-state index is 0.248. The average molecular weight is 334 g/mol. The van der Waals surface area contributed by atoms with Gasteiger partial charge in [0.15, 0.2) is 11.5 Å². The summed E-state index contributed by atoms with van der Waals surface area (Å²) < 4.78 is 11.0. The van der Waals surface area contributed by atoms with Crippen LogP contribution in [-0.4, -0.2) is 11.9 Å². The minimum Gasteiger partial charge on any atom is -0.422 e. The first-order valence-electron chi connectivity index (χ1n) is 8.81. The lowest BCUT2D eigenvalue weighted by atomic mass is 9.98. The van der Waals surface area contributed by atoms with Gasteiger partial charge in [-0.1, -0.05) is 60.1 Å². The van der Waals surface area contributed by atoms with E-state index in [1.807, 2.05) is 12.1 Å². The summed E-state index contributed by atoms with van der Waals surface area (Å²) in [4.78, 5) is 24.0. The molecule has 0 radical (unpaired) electrons. The van der Waals surface area contributed by atoms with Gasteiger partial charge in [0.25, 0.3) is 0 Å². The Morgan fingerprint density at radius 3 is 2.08 bits per heavy atom. The van der Waals surface area contributed by atoms with Gasteiger partial charge in [-0.3, -0.25) is 9.59 Å². The zero-order valence-corrected chi connectivity index (χ0v) is 15.7. The summed E-state index contributed by atoms with van der Waals surface area (Å²) >= 11 is 0. The van der Waals surface area contributed by atoms with Crippen molar-refractivity contribution in [2.75, 3.05) is 0 Å². The predicted molar refractivity (Wildman–Crippen MR) is 95.2 cm³/mol. The normalized spacial score (nSPS) is 12.3. The molecule has 0 bridgehead atoms. The van der Waals surface area contributed by atoms with E-state index in [1.165, 1.54) is 0 Å². The number of carbonyl (C=O) groups is 2. The Balaban J connectivity index is 3.12. The monoisotopic (exact) mass is 334 g/mol. The Hall–Kier alpha value is -1.84. The summed E-state index contributed by atoms with van der Waals surface area (Å²) in [5, 5.41) is 0. The summed E-state index contributed by atoms with van der Waals surface area (Å²) in [5.74, 6) is 0.130. The topological polar surface area (TPSA) is 52.6 Å². The maximum absolute atomic E-state index is 12.1. The van der Waals surface area contributed by atoms with Crippen molar-refractivity contribution >= 4 is 11.9 Å². The second-order valence-corrected chi connectivity index (χ2v) is 6.95. The van der Waals surface area contributed by atoms with Crippen LogP contribution in [0, 0.1) is 17.8 Å². The van der Waals surface area contributed by atoms with Crippen LogP contribution < -0.4 is 9.47 Å². The Kier molecular flexibility index (Phi) is 7.96. The van der Waals surface area contributed by atoms with Crippen LogP contribution in [0.2, 0.25) is 0 Å². The van der Waals surface area contributed by atoms with E-state index in [9.17, 15) is 9.59 Å². The molecule has 0 spiro atoms. The third kappa shape index (κ3) is 5.99. The van der Waals surface area contributed by atoms with Crippen molar-refractivity contribution in [3.05, 3.63) is 23.8 Å². The molecule has 1 atom stereocenters. The fourth-order valence-electron chi connectivity index (χ4n) is 2.01. The van der Waals surface area contributed by atoms with E-state index in [-0.39, 0.29) is 23.8 Å². The van der Waals surface area contributed by atoms with Crippen LogP contribution >= 0.6 is 0 Å². The molecule has 0 aliphatic heterocycles. The fourth-order valence-corrected chi connectivity index (χ4v) is 2.01. The molecule has 1 unspecified atom stereocenters. The lowest BCUT2D eigenvalue weighted by Crippen LogP contribution is -2.19. The van der Waals surface area contributed by atoms with Crippen molar-refractivity contribution in [2.24, 2.45) is 17.8 Å². The summed E-state index contributed by atoms with van der Waals surface area (Å²) in [6.07, 6.45) is 2.87. The first kappa shape index (κ1) is 20.2. The van der Waals surface area contributed by atoms with Gasteiger partial charge < -0.3 is 9.47 Å². The van der Waals surface area contributed by atoms with Gasteiger partial charge in [0.05, 0.1) is 11.8 Å². The summed E-state index contributed by atoms with van der Waals surface area (Å²) in [5.41, 5.74) is 0.901. The van der Waals surface area contributed by atoms with Crippen LogP contribution in [-0.2, 0) is 16.0 Å². The van der Waals surface area contributed by atoms with E-state index in [1.54, 1.807) is 33.8 Å². The third-order valence-corrected chi connectivity index (χ3v) is 4.02. The maximum atomic E-state index is 12.1. The Bertz CT molecular complexity index is 561. The fraction of sp³-hybridized carbons (Fsp3) is 0.600. The molecule has 1 rings (SSSR count). The van der Waals surface area contributed by atoms with Gasteiger partial charge in [-0.25, -0.2) is 0 Å². The van der Waals surface area contributed by atoms with Crippen LogP contribution in [0.15, 0.2) is 18.2 Å². The Labute approximate surface area is 145 Å². The van der Waals surface area contributed by atoms with E-state index in [0.717, 1.165) is 24.8 Å². The van der Waals surface area contributed by atoms with Crippen LogP contribution in [0.25, 0.3) is 0 Å². The van der Waals surface area contributed by atoms with E-state index in [0.29, 0.717) is 17.4 Å². The van der Waals surface area contributed by atoms with Gasteiger partial charge in [-0.05, 0) is 30.4 Å². The summed E-state index contributed by atoms with van der Waals surface area (Å²) in [6, 6.07) is 5.44. The predicted octanol–water partition coefficient (Wildman–Crippen LogP) is 4.79. The second-order valence-electron chi connectivity index (χ2n) is 6.95. The van der Waals surface area contributed by atoms with Crippen LogP contribution in [0.4, 0.5) is 0 Å². The summed E-state index contributed by atoms with van der Waals surface area (Å²) in [6.45, 7) is 11.5. The number of aryl methyl sites for hydroxylation is 1. The number of hydrogen-bond acceptors (Lipinski definition) is 4. The quantitative estimate of drug-likeness (QED) is 0.507. The van der Waals surface area contributed by atoms with Crippen molar-refractivity contribution in [3.8, 4) is 11.5 Å². The molecule has 1 aromatic carbocycles. The van der Waals surface area contributed by atoms with Gasteiger partial charge in [0.2, 0.25) is 0 Å². The molecule has 4 heteroatoms. The number of carbonyl (C=O) groups excluding carboxylic acids is 2. The first-order chi connectivity index (χ1) is 11.3. The molecule has 4 nitrogen and oxygen atoms in total. The Morgan fingerprint density at radius 2 is 1.54 bits per heavy atom. The first-order valence-corrected chi connectivity index (χ1v) is 8.81. The molecule has 0 aliphatic rings. The minimum atomic E-state index is -0.337. The standard InChI is InChI=1S/C20H30O4/c1-7-15(6)11-12-16-9-8-10-17(23-19(21)13(2)3)18(16)24-20(22)14(4)5/h8-10,13-15H,7,11-12H2,1-6H3. The zero-order valence-electron chi connectivity index (χ0n) is 15.7. The number of hydrogen-bond donors (Lipinski definition) is 0. The Morgan fingerprint density at radius 1 is 0.958 bits per heavy atom. The van der Waals surface area contributed by atoms with Crippen molar-refractivity contribution in [2.45, 2.75) is 60.8 Å². The molecular weight excluding hydrogens is 304 g/mol. The number of para-hydroxylation sites is 1. The van der Waals surface area contributed by atoms with Crippen LogP contribution in [0.3, 0.4) is 0 Å². The molecule has 0 saturated carbocycles. The van der Waals surface area contributed by atoms with Crippen molar-refractivity contribution < 1.29 is 19.1 Å². The highest BCUT2D eigenvalue weighted by Gasteiger charge is 2.20. The SMILES string of the molecule is CCC(C)CCc1cccc(OC(=O)C(C)C)c1OC(=O)C(C)C. The highest BCUT2D eigenvalue weighted by molar-refractivity contribution is 5.78.